The Balaban J connectivity index is 1.84. The summed E-state index contributed by atoms with van der Waals surface area (Å²) in [5.74, 6) is 0. The Morgan fingerprint density at radius 2 is 1.95 bits per heavy atom. The van der Waals surface area contributed by atoms with E-state index in [0.29, 0.717) is 6.04 Å². The number of hydrogen-bond donors (Lipinski definition) is 1. The molecule has 0 amide bonds. The summed E-state index contributed by atoms with van der Waals surface area (Å²) in [6.07, 6.45) is 1.12. The Labute approximate surface area is 117 Å². The van der Waals surface area contributed by atoms with E-state index < -0.39 is 0 Å². The van der Waals surface area contributed by atoms with Crippen LogP contribution < -0.4 is 5.32 Å². The van der Waals surface area contributed by atoms with Crippen LogP contribution in [0.1, 0.15) is 18.1 Å². The number of rotatable bonds is 5. The van der Waals surface area contributed by atoms with Crippen molar-refractivity contribution in [2.75, 3.05) is 40.3 Å². The Morgan fingerprint density at radius 3 is 2.58 bits per heavy atom. The molecule has 3 heteroatoms. The molecule has 1 N–H and O–H groups in total. The highest BCUT2D eigenvalue weighted by molar-refractivity contribution is 5.22. The van der Waals surface area contributed by atoms with Gasteiger partial charge in [-0.3, -0.25) is 4.90 Å². The van der Waals surface area contributed by atoms with Crippen LogP contribution in [0.5, 0.6) is 0 Å². The maximum absolute atomic E-state index is 3.48. The fourth-order valence-electron chi connectivity index (χ4n) is 2.68. The van der Waals surface area contributed by atoms with Crippen LogP contribution in [-0.4, -0.2) is 56.1 Å². The number of benzene rings is 1. The maximum Gasteiger partial charge on any atom is 0.0345 e. The molecule has 3 nitrogen and oxygen atoms in total. The third-order valence-corrected chi connectivity index (χ3v) is 4.05. The third-order valence-electron chi connectivity index (χ3n) is 4.05. The molecule has 19 heavy (non-hydrogen) atoms. The minimum Gasteiger partial charge on any atom is -0.314 e. The zero-order chi connectivity index (χ0) is 13.7. The Morgan fingerprint density at radius 1 is 1.26 bits per heavy atom. The SMILES string of the molecule is CCc1ccc(CN(C)CC2CNCCN2C)cc1. The lowest BCUT2D eigenvalue weighted by atomic mass is 10.1. The van der Waals surface area contributed by atoms with Crippen LogP contribution in [0.15, 0.2) is 24.3 Å². The van der Waals surface area contributed by atoms with Crippen molar-refractivity contribution in [2.24, 2.45) is 0 Å². The van der Waals surface area contributed by atoms with Crippen molar-refractivity contribution in [1.29, 1.82) is 0 Å². The largest absolute Gasteiger partial charge is 0.314 e. The summed E-state index contributed by atoms with van der Waals surface area (Å²) < 4.78 is 0. The summed E-state index contributed by atoms with van der Waals surface area (Å²) in [5, 5.41) is 3.48. The average Bonchev–Trinajstić information content (AvgIpc) is 2.42. The number of nitrogens with zero attached hydrogens (tertiary/aromatic N) is 2. The molecule has 0 radical (unpaired) electrons. The standard InChI is InChI=1S/C16H27N3/c1-4-14-5-7-15(8-6-14)12-18(2)13-16-11-17-9-10-19(16)3/h5-8,16-17H,4,9-13H2,1-3H3. The van der Waals surface area contributed by atoms with E-state index in [9.17, 15) is 0 Å². The molecule has 0 aliphatic carbocycles. The van der Waals surface area contributed by atoms with Crippen molar-refractivity contribution in [1.82, 2.24) is 15.1 Å². The van der Waals surface area contributed by atoms with Gasteiger partial charge in [-0.15, -0.1) is 0 Å². The van der Waals surface area contributed by atoms with Gasteiger partial charge in [0, 0.05) is 38.8 Å². The fourth-order valence-corrected chi connectivity index (χ4v) is 2.68. The average molecular weight is 261 g/mol. The molecule has 1 aliphatic heterocycles. The maximum atomic E-state index is 3.48. The number of aryl methyl sites for hydroxylation is 1. The molecule has 1 aromatic carbocycles. The summed E-state index contributed by atoms with van der Waals surface area (Å²) in [5.41, 5.74) is 2.83. The molecule has 0 aromatic heterocycles. The molecule has 106 valence electrons. The van der Waals surface area contributed by atoms with Crippen LogP contribution in [0, 0.1) is 0 Å². The van der Waals surface area contributed by atoms with Gasteiger partial charge >= 0.3 is 0 Å². The molecule has 1 saturated heterocycles. The molecule has 1 aromatic rings. The van der Waals surface area contributed by atoms with Crippen LogP contribution >= 0.6 is 0 Å². The zero-order valence-corrected chi connectivity index (χ0v) is 12.5. The Hall–Kier alpha value is -0.900. The van der Waals surface area contributed by atoms with E-state index in [-0.39, 0.29) is 0 Å². The Bertz CT molecular complexity index is 374. The number of likely N-dealkylation sites (N-methyl/N-ethyl adjacent to an activating group) is 2. The first kappa shape index (κ1) is 14.5. The number of piperazine rings is 1. The second-order valence-corrected chi connectivity index (χ2v) is 5.71. The number of nitrogens with one attached hydrogen (secondary N) is 1. The predicted octanol–water partition coefficient (Wildman–Crippen LogP) is 1.58. The lowest BCUT2D eigenvalue weighted by Crippen LogP contribution is -2.53. The van der Waals surface area contributed by atoms with Gasteiger partial charge in [0.1, 0.15) is 0 Å². The monoisotopic (exact) mass is 261 g/mol. The molecule has 1 atom stereocenters. The van der Waals surface area contributed by atoms with Crippen LogP contribution in [0.4, 0.5) is 0 Å². The smallest absolute Gasteiger partial charge is 0.0345 e. The highest BCUT2D eigenvalue weighted by atomic mass is 15.2. The van der Waals surface area contributed by atoms with Crippen molar-refractivity contribution in [3.63, 3.8) is 0 Å². The van der Waals surface area contributed by atoms with Gasteiger partial charge in [0.2, 0.25) is 0 Å². The van der Waals surface area contributed by atoms with E-state index in [1.54, 1.807) is 0 Å². The highest BCUT2D eigenvalue weighted by Gasteiger charge is 2.19. The van der Waals surface area contributed by atoms with Gasteiger partial charge < -0.3 is 10.2 Å². The van der Waals surface area contributed by atoms with Gasteiger partial charge in [0.25, 0.3) is 0 Å². The van der Waals surface area contributed by atoms with Crippen LogP contribution in [0.2, 0.25) is 0 Å². The van der Waals surface area contributed by atoms with Crippen molar-refractivity contribution >= 4 is 0 Å². The predicted molar refractivity (Wildman–Crippen MR) is 81.4 cm³/mol. The van der Waals surface area contributed by atoms with E-state index >= 15 is 0 Å². The summed E-state index contributed by atoms with van der Waals surface area (Å²) in [6.45, 7) is 7.74. The van der Waals surface area contributed by atoms with Crippen molar-refractivity contribution in [3.05, 3.63) is 35.4 Å². The van der Waals surface area contributed by atoms with Crippen LogP contribution in [-0.2, 0) is 13.0 Å². The third kappa shape index (κ3) is 4.30. The van der Waals surface area contributed by atoms with Gasteiger partial charge in [-0.2, -0.15) is 0 Å². The van der Waals surface area contributed by atoms with Gasteiger partial charge in [-0.05, 0) is 31.6 Å². The zero-order valence-electron chi connectivity index (χ0n) is 12.5. The molecule has 1 unspecified atom stereocenters. The van der Waals surface area contributed by atoms with Gasteiger partial charge in [0.15, 0.2) is 0 Å². The molecule has 1 fully saturated rings. The molecular formula is C16H27N3. The molecule has 1 aliphatic rings. The van der Waals surface area contributed by atoms with E-state index in [4.69, 9.17) is 0 Å². The summed E-state index contributed by atoms with van der Waals surface area (Å²) in [7, 11) is 4.45. The van der Waals surface area contributed by atoms with E-state index in [1.165, 1.54) is 11.1 Å². The van der Waals surface area contributed by atoms with Gasteiger partial charge in [-0.25, -0.2) is 0 Å². The molecule has 0 bridgehead atoms. The first-order valence-corrected chi connectivity index (χ1v) is 7.36. The lowest BCUT2D eigenvalue weighted by Gasteiger charge is -2.35. The van der Waals surface area contributed by atoms with E-state index in [2.05, 4.69) is 60.4 Å². The summed E-state index contributed by atoms with van der Waals surface area (Å²) >= 11 is 0. The number of hydrogen-bond acceptors (Lipinski definition) is 3. The van der Waals surface area contributed by atoms with Crippen LogP contribution in [0.3, 0.4) is 0 Å². The minimum absolute atomic E-state index is 0.633. The van der Waals surface area contributed by atoms with Crippen molar-refractivity contribution < 1.29 is 0 Å². The molecule has 2 rings (SSSR count). The van der Waals surface area contributed by atoms with Crippen LogP contribution in [0.25, 0.3) is 0 Å². The first-order chi connectivity index (χ1) is 9.19. The summed E-state index contributed by atoms with van der Waals surface area (Å²) in [6, 6.07) is 9.65. The summed E-state index contributed by atoms with van der Waals surface area (Å²) in [4.78, 5) is 4.89. The van der Waals surface area contributed by atoms with Crippen molar-refractivity contribution in [3.8, 4) is 0 Å². The first-order valence-electron chi connectivity index (χ1n) is 7.36. The quantitative estimate of drug-likeness (QED) is 0.868. The second kappa shape index (κ2) is 7.04. The second-order valence-electron chi connectivity index (χ2n) is 5.71. The molecule has 0 spiro atoms. The lowest BCUT2D eigenvalue weighted by molar-refractivity contribution is 0.150. The molecule has 1 heterocycles. The van der Waals surface area contributed by atoms with E-state index in [1.807, 2.05) is 0 Å². The van der Waals surface area contributed by atoms with E-state index in [0.717, 1.165) is 39.1 Å². The minimum atomic E-state index is 0.633. The highest BCUT2D eigenvalue weighted by Crippen LogP contribution is 2.09. The normalized spacial score (nSPS) is 20.9. The van der Waals surface area contributed by atoms with Gasteiger partial charge in [-0.1, -0.05) is 31.2 Å². The topological polar surface area (TPSA) is 18.5 Å². The Kier molecular flexibility index (Phi) is 5.37. The fraction of sp³-hybridized carbons (Fsp3) is 0.625. The molecule has 0 saturated carbocycles. The van der Waals surface area contributed by atoms with Gasteiger partial charge in [0.05, 0.1) is 0 Å². The molecular weight excluding hydrogens is 234 g/mol. The van der Waals surface area contributed by atoms with Crippen molar-refractivity contribution in [2.45, 2.75) is 25.9 Å².